The third-order valence-electron chi connectivity index (χ3n) is 3.97. The lowest BCUT2D eigenvalue weighted by Gasteiger charge is -2.13. The summed E-state index contributed by atoms with van der Waals surface area (Å²) >= 11 is 0. The van der Waals surface area contributed by atoms with E-state index < -0.39 is 0 Å². The second-order valence-electron chi connectivity index (χ2n) is 6.07. The van der Waals surface area contributed by atoms with Crippen molar-refractivity contribution in [3.05, 3.63) is 42.1 Å². The number of aromatic nitrogens is 1. The van der Waals surface area contributed by atoms with Crippen LogP contribution in [0, 0.1) is 0 Å². The highest BCUT2D eigenvalue weighted by molar-refractivity contribution is 5.79. The van der Waals surface area contributed by atoms with Gasteiger partial charge >= 0.3 is 0 Å². The second kappa shape index (κ2) is 11.7. The highest BCUT2D eigenvalue weighted by Gasteiger charge is 2.13. The first-order chi connectivity index (χ1) is 13.7. The smallest absolute Gasteiger partial charge is 0.219 e. The molecule has 0 aliphatic rings. The lowest BCUT2D eigenvalue weighted by atomic mass is 10.3. The van der Waals surface area contributed by atoms with Crippen LogP contribution in [0.3, 0.4) is 0 Å². The number of pyridine rings is 1. The van der Waals surface area contributed by atoms with Crippen molar-refractivity contribution in [3.8, 4) is 23.1 Å². The standard InChI is InChI=1S/C21H30N4O3/c1-5-7-13-23-21(22-6-2)25-15-16-11-12-19(24-14-16)28-20-17(26-3)9-8-10-18(20)27-4/h8-12,14H,5-7,13,15H2,1-4H3,(H2,22,23,25). The summed E-state index contributed by atoms with van der Waals surface area (Å²) in [6, 6.07) is 9.23. The van der Waals surface area contributed by atoms with Crippen LogP contribution < -0.4 is 24.8 Å². The number of nitrogens with one attached hydrogen (secondary N) is 2. The minimum Gasteiger partial charge on any atom is -0.493 e. The van der Waals surface area contributed by atoms with E-state index in [1.807, 2.05) is 30.3 Å². The van der Waals surface area contributed by atoms with E-state index in [0.29, 0.717) is 29.7 Å². The van der Waals surface area contributed by atoms with Gasteiger partial charge in [0.15, 0.2) is 17.5 Å². The predicted octanol–water partition coefficient (Wildman–Crippen LogP) is 3.75. The van der Waals surface area contributed by atoms with E-state index in [9.17, 15) is 0 Å². The molecular weight excluding hydrogens is 356 g/mol. The van der Waals surface area contributed by atoms with Gasteiger partial charge in [-0.1, -0.05) is 25.5 Å². The first kappa shape index (κ1) is 21.3. The van der Waals surface area contributed by atoms with Crippen molar-refractivity contribution < 1.29 is 14.2 Å². The fourth-order valence-corrected chi connectivity index (χ4v) is 2.48. The zero-order chi connectivity index (χ0) is 20.2. The maximum atomic E-state index is 5.89. The summed E-state index contributed by atoms with van der Waals surface area (Å²) in [5.41, 5.74) is 0.993. The van der Waals surface area contributed by atoms with Gasteiger partial charge in [-0.15, -0.1) is 0 Å². The number of nitrogens with zero attached hydrogens (tertiary/aromatic N) is 2. The van der Waals surface area contributed by atoms with Crippen LogP contribution >= 0.6 is 0 Å². The Morgan fingerprint density at radius 2 is 1.79 bits per heavy atom. The second-order valence-corrected chi connectivity index (χ2v) is 6.07. The van der Waals surface area contributed by atoms with Gasteiger partial charge in [0, 0.05) is 25.4 Å². The van der Waals surface area contributed by atoms with Crippen molar-refractivity contribution in [2.75, 3.05) is 27.3 Å². The lowest BCUT2D eigenvalue weighted by molar-refractivity contribution is 0.342. The first-order valence-corrected chi connectivity index (χ1v) is 9.57. The molecule has 0 unspecified atom stereocenters. The number of para-hydroxylation sites is 1. The minimum absolute atomic E-state index is 0.462. The molecule has 152 valence electrons. The molecule has 7 nitrogen and oxygen atoms in total. The summed E-state index contributed by atoms with van der Waals surface area (Å²) in [5, 5.41) is 6.57. The van der Waals surface area contributed by atoms with Crippen LogP contribution in [0.1, 0.15) is 32.3 Å². The van der Waals surface area contributed by atoms with E-state index in [0.717, 1.165) is 37.5 Å². The summed E-state index contributed by atoms with van der Waals surface area (Å²) in [4.78, 5) is 8.98. The van der Waals surface area contributed by atoms with Gasteiger partial charge in [0.25, 0.3) is 0 Å². The average Bonchev–Trinajstić information content (AvgIpc) is 2.73. The number of unbranched alkanes of at least 4 members (excludes halogenated alkanes) is 1. The molecule has 1 heterocycles. The third kappa shape index (κ3) is 6.33. The summed E-state index contributed by atoms with van der Waals surface area (Å²) in [5.74, 6) is 2.95. The van der Waals surface area contributed by atoms with Crippen LogP contribution in [0.15, 0.2) is 41.5 Å². The van der Waals surface area contributed by atoms with Gasteiger partial charge in [-0.2, -0.15) is 0 Å². The first-order valence-electron chi connectivity index (χ1n) is 9.57. The zero-order valence-corrected chi connectivity index (χ0v) is 17.1. The molecule has 0 aliphatic carbocycles. The van der Waals surface area contributed by atoms with E-state index in [4.69, 9.17) is 14.2 Å². The van der Waals surface area contributed by atoms with E-state index in [-0.39, 0.29) is 0 Å². The summed E-state index contributed by atoms with van der Waals surface area (Å²) < 4.78 is 16.6. The van der Waals surface area contributed by atoms with Crippen molar-refractivity contribution in [1.29, 1.82) is 0 Å². The molecule has 2 aromatic rings. The quantitative estimate of drug-likeness (QED) is 0.368. The summed E-state index contributed by atoms with van der Waals surface area (Å²) in [6.45, 7) is 6.49. The fourth-order valence-electron chi connectivity index (χ4n) is 2.48. The molecule has 0 fully saturated rings. The molecule has 0 radical (unpaired) electrons. The number of rotatable bonds is 10. The van der Waals surface area contributed by atoms with Crippen molar-refractivity contribution in [3.63, 3.8) is 0 Å². The summed E-state index contributed by atoms with van der Waals surface area (Å²) in [7, 11) is 3.18. The number of hydrogen-bond donors (Lipinski definition) is 2. The van der Waals surface area contributed by atoms with Crippen LogP contribution in [0.5, 0.6) is 23.1 Å². The Kier molecular flexibility index (Phi) is 8.91. The third-order valence-corrected chi connectivity index (χ3v) is 3.97. The lowest BCUT2D eigenvalue weighted by Crippen LogP contribution is -2.37. The van der Waals surface area contributed by atoms with Crippen LogP contribution in [0.4, 0.5) is 0 Å². The number of guanidine groups is 1. The maximum Gasteiger partial charge on any atom is 0.219 e. The van der Waals surface area contributed by atoms with Crippen LogP contribution in [0.25, 0.3) is 0 Å². The minimum atomic E-state index is 0.462. The molecule has 0 saturated carbocycles. The number of benzene rings is 1. The molecule has 0 bridgehead atoms. The van der Waals surface area contributed by atoms with Gasteiger partial charge in [0.05, 0.1) is 20.8 Å². The molecule has 0 amide bonds. The molecule has 1 aromatic heterocycles. The molecule has 0 atom stereocenters. The molecule has 2 rings (SSSR count). The average molecular weight is 386 g/mol. The Morgan fingerprint density at radius 3 is 2.36 bits per heavy atom. The van der Waals surface area contributed by atoms with Gasteiger partial charge in [-0.3, -0.25) is 0 Å². The Morgan fingerprint density at radius 1 is 1.04 bits per heavy atom. The zero-order valence-electron chi connectivity index (χ0n) is 17.1. The van der Waals surface area contributed by atoms with Crippen molar-refractivity contribution in [2.24, 2.45) is 4.99 Å². The number of hydrogen-bond acceptors (Lipinski definition) is 5. The van der Waals surface area contributed by atoms with Crippen LogP contribution in [0.2, 0.25) is 0 Å². The van der Waals surface area contributed by atoms with Gasteiger partial charge in [0.2, 0.25) is 11.6 Å². The van der Waals surface area contributed by atoms with Gasteiger partial charge in [0.1, 0.15) is 0 Å². The number of ether oxygens (including phenoxy) is 3. The molecule has 0 aliphatic heterocycles. The summed E-state index contributed by atoms with van der Waals surface area (Å²) in [6.07, 6.45) is 4.02. The van der Waals surface area contributed by atoms with Crippen LogP contribution in [-0.4, -0.2) is 38.3 Å². The van der Waals surface area contributed by atoms with E-state index in [1.54, 1.807) is 20.4 Å². The largest absolute Gasteiger partial charge is 0.493 e. The molecule has 1 aromatic carbocycles. The Labute approximate surface area is 167 Å². The monoisotopic (exact) mass is 386 g/mol. The van der Waals surface area contributed by atoms with E-state index in [2.05, 4.69) is 34.5 Å². The number of methoxy groups -OCH3 is 2. The van der Waals surface area contributed by atoms with E-state index in [1.165, 1.54) is 0 Å². The predicted molar refractivity (Wildman–Crippen MR) is 112 cm³/mol. The molecule has 7 heteroatoms. The van der Waals surface area contributed by atoms with Crippen molar-refractivity contribution in [2.45, 2.75) is 33.2 Å². The molecule has 28 heavy (non-hydrogen) atoms. The number of aliphatic imine (C=N–C) groups is 1. The molecule has 0 spiro atoms. The Balaban J connectivity index is 2.04. The molecule has 2 N–H and O–H groups in total. The Bertz CT molecular complexity index is 726. The van der Waals surface area contributed by atoms with Crippen molar-refractivity contribution in [1.82, 2.24) is 15.6 Å². The fraction of sp³-hybridized carbons (Fsp3) is 0.429. The topological polar surface area (TPSA) is 77.0 Å². The maximum absolute atomic E-state index is 5.89. The van der Waals surface area contributed by atoms with Crippen molar-refractivity contribution >= 4 is 5.96 Å². The normalized spacial score (nSPS) is 11.1. The van der Waals surface area contributed by atoms with Gasteiger partial charge in [-0.25, -0.2) is 9.98 Å². The highest BCUT2D eigenvalue weighted by atomic mass is 16.5. The molecular formula is C21H30N4O3. The SMILES string of the molecule is CCCCNC(=NCc1ccc(Oc2c(OC)cccc2OC)nc1)NCC. The Hall–Kier alpha value is -2.96. The van der Waals surface area contributed by atoms with Gasteiger partial charge < -0.3 is 24.8 Å². The van der Waals surface area contributed by atoms with E-state index >= 15 is 0 Å². The molecule has 0 saturated heterocycles. The highest BCUT2D eigenvalue weighted by Crippen LogP contribution is 2.39. The van der Waals surface area contributed by atoms with Gasteiger partial charge in [-0.05, 0) is 31.0 Å². The van der Waals surface area contributed by atoms with Crippen LogP contribution in [-0.2, 0) is 6.54 Å².